The first-order valence-corrected chi connectivity index (χ1v) is 22.2. The number of piperazine rings is 1. The summed E-state index contributed by atoms with van der Waals surface area (Å²) in [5.74, 6) is 0.662. The number of rotatable bonds is 11. The van der Waals surface area contributed by atoms with Crippen molar-refractivity contribution in [3.05, 3.63) is 23.4 Å². The second-order valence-corrected chi connectivity index (χ2v) is 25.2. The molecule has 1 fully saturated rings. The van der Waals surface area contributed by atoms with E-state index < -0.39 is 24.0 Å². The van der Waals surface area contributed by atoms with Gasteiger partial charge >= 0.3 is 214 Å². The summed E-state index contributed by atoms with van der Waals surface area (Å²) >= 11 is 4.13. The third kappa shape index (κ3) is 8.10. The van der Waals surface area contributed by atoms with Crippen molar-refractivity contribution in [3.63, 3.8) is 0 Å². The van der Waals surface area contributed by atoms with Gasteiger partial charge in [0.15, 0.2) is 0 Å². The zero-order chi connectivity index (χ0) is 27.1. The standard InChI is InChI=1S/C17H20ClN4O2.3C4H9.Sn/c1-17(2,3)24-16(23)22-10-8-21(9-11-22)15-19-13-7-5-4-6-12(13)14(18)20-15;3*1-3-4-2;/h4,6-7H,8-11H2,1-3H3;3*1,3-4H2,2H3;. The van der Waals surface area contributed by atoms with E-state index in [1.54, 1.807) is 8.48 Å². The molecule has 0 atom stereocenters. The molecule has 0 N–H and O–H groups in total. The first-order chi connectivity index (χ1) is 17.6. The number of halogens is 1. The number of aromatic nitrogens is 2. The van der Waals surface area contributed by atoms with Crippen LogP contribution in [0, 0.1) is 0 Å². The number of carbonyl (C=O) groups is 1. The van der Waals surface area contributed by atoms with Crippen LogP contribution in [0.2, 0.25) is 18.5 Å². The predicted molar refractivity (Wildman–Crippen MR) is 159 cm³/mol. The van der Waals surface area contributed by atoms with E-state index in [2.05, 4.69) is 48.9 Å². The fourth-order valence-electron chi connectivity index (χ4n) is 5.32. The van der Waals surface area contributed by atoms with E-state index >= 15 is 0 Å². The quantitative estimate of drug-likeness (QED) is 0.190. The summed E-state index contributed by atoms with van der Waals surface area (Å²) in [7, 11) is 0. The van der Waals surface area contributed by atoms with E-state index in [0.717, 1.165) is 10.9 Å². The van der Waals surface area contributed by atoms with Crippen LogP contribution in [-0.4, -0.2) is 71.1 Å². The zero-order valence-electron chi connectivity index (χ0n) is 23.9. The van der Waals surface area contributed by atoms with Gasteiger partial charge < -0.3 is 0 Å². The van der Waals surface area contributed by atoms with Gasteiger partial charge in [-0.05, 0) is 20.8 Å². The van der Waals surface area contributed by atoms with Crippen LogP contribution < -0.4 is 8.48 Å². The summed E-state index contributed by atoms with van der Waals surface area (Å²) in [6, 6.07) is 6.92. The van der Waals surface area contributed by atoms with Crippen molar-refractivity contribution in [2.45, 2.75) is 99.0 Å². The van der Waals surface area contributed by atoms with Crippen LogP contribution in [0.25, 0.3) is 10.9 Å². The van der Waals surface area contributed by atoms with Crippen LogP contribution >= 0.6 is 11.6 Å². The monoisotopic (exact) mass is 638 g/mol. The van der Waals surface area contributed by atoms with E-state index in [1.165, 1.54) is 51.8 Å². The maximum atomic E-state index is 12.5. The number of fused-ring (bicyclic) bond motifs is 1. The van der Waals surface area contributed by atoms with Crippen molar-refractivity contribution >= 4 is 56.5 Å². The summed E-state index contributed by atoms with van der Waals surface area (Å²) in [4.78, 5) is 26.1. The number of anilines is 1. The zero-order valence-corrected chi connectivity index (χ0v) is 27.5. The van der Waals surface area contributed by atoms with E-state index in [9.17, 15) is 4.79 Å². The molecule has 37 heavy (non-hydrogen) atoms. The van der Waals surface area contributed by atoms with Gasteiger partial charge in [-0.25, -0.2) is 0 Å². The van der Waals surface area contributed by atoms with Gasteiger partial charge in [0, 0.05) is 0 Å². The van der Waals surface area contributed by atoms with Gasteiger partial charge in [0.1, 0.15) is 0 Å². The Hall–Kier alpha value is -1.28. The van der Waals surface area contributed by atoms with Crippen LogP contribution in [0.5, 0.6) is 0 Å². The molecule has 1 saturated heterocycles. The molecular formula is C29H47ClN4O2Sn. The third-order valence-corrected chi connectivity index (χ3v) is 23.4. The van der Waals surface area contributed by atoms with Crippen LogP contribution in [0.4, 0.5) is 10.7 Å². The SMILES string of the molecule is CCC[CH2][Sn]([CH2]CCC)([CH2]CCC)[c]1ccc2c(Cl)nc(N3CCN(C(=O)OC(C)(C)C)CC3)nc2c1. The molecule has 0 spiro atoms. The van der Waals surface area contributed by atoms with Crippen LogP contribution in [-0.2, 0) is 4.74 Å². The van der Waals surface area contributed by atoms with E-state index in [1.807, 2.05) is 20.8 Å². The minimum absolute atomic E-state index is 0.260. The van der Waals surface area contributed by atoms with Gasteiger partial charge in [-0.3, -0.25) is 0 Å². The van der Waals surface area contributed by atoms with Crippen molar-refractivity contribution in [3.8, 4) is 0 Å². The van der Waals surface area contributed by atoms with E-state index in [0.29, 0.717) is 37.3 Å². The molecular weight excluding hydrogens is 591 g/mol. The Labute approximate surface area is 233 Å². The number of ether oxygens (including phenoxy) is 1. The number of hydrogen-bond acceptors (Lipinski definition) is 5. The summed E-state index contributed by atoms with van der Waals surface area (Å²) in [6.07, 6.45) is 7.52. The van der Waals surface area contributed by atoms with Gasteiger partial charge in [-0.15, -0.1) is 0 Å². The van der Waals surface area contributed by atoms with Gasteiger partial charge in [0.05, 0.1) is 0 Å². The molecule has 8 heteroatoms. The Bertz CT molecular complexity index is 1010. The van der Waals surface area contributed by atoms with Gasteiger partial charge in [0.2, 0.25) is 0 Å². The molecule has 2 aromatic rings. The van der Waals surface area contributed by atoms with Gasteiger partial charge in [-0.1, -0.05) is 0 Å². The number of hydrogen-bond donors (Lipinski definition) is 0. The summed E-state index contributed by atoms with van der Waals surface area (Å²) in [6.45, 7) is 15.1. The molecule has 1 aliphatic heterocycles. The first kappa shape index (κ1) is 30.3. The van der Waals surface area contributed by atoms with Crippen molar-refractivity contribution < 1.29 is 9.53 Å². The molecule has 2 heterocycles. The molecule has 1 aromatic heterocycles. The van der Waals surface area contributed by atoms with E-state index in [4.69, 9.17) is 21.3 Å². The average molecular weight is 638 g/mol. The Kier molecular flexibility index (Phi) is 11.2. The molecule has 1 aliphatic rings. The Morgan fingerprint density at radius 3 is 2.03 bits per heavy atom. The van der Waals surface area contributed by atoms with E-state index in [-0.39, 0.29) is 6.09 Å². The van der Waals surface area contributed by atoms with Crippen molar-refractivity contribution in [1.29, 1.82) is 0 Å². The van der Waals surface area contributed by atoms with Crippen molar-refractivity contribution in [2.24, 2.45) is 0 Å². The second kappa shape index (κ2) is 13.7. The van der Waals surface area contributed by atoms with Crippen molar-refractivity contribution in [1.82, 2.24) is 14.9 Å². The fraction of sp³-hybridized carbons (Fsp3) is 0.690. The first-order valence-electron chi connectivity index (χ1n) is 14.3. The van der Waals surface area contributed by atoms with Gasteiger partial charge in [0.25, 0.3) is 0 Å². The maximum absolute atomic E-state index is 12.5. The summed E-state index contributed by atoms with van der Waals surface area (Å²) in [5.41, 5.74) is 0.472. The number of unbranched alkanes of at least 4 members (excludes halogenated alkanes) is 3. The third-order valence-electron chi connectivity index (χ3n) is 7.49. The molecule has 0 aliphatic carbocycles. The Morgan fingerprint density at radius 2 is 1.51 bits per heavy atom. The van der Waals surface area contributed by atoms with Crippen molar-refractivity contribution in [2.75, 3.05) is 31.1 Å². The summed E-state index contributed by atoms with van der Waals surface area (Å²) < 4.78 is 11.4. The molecule has 1 aromatic carbocycles. The van der Waals surface area contributed by atoms with Crippen LogP contribution in [0.1, 0.15) is 80.1 Å². The molecule has 3 rings (SSSR count). The van der Waals surface area contributed by atoms with Crippen LogP contribution in [0.15, 0.2) is 18.2 Å². The second-order valence-electron chi connectivity index (χ2n) is 11.6. The summed E-state index contributed by atoms with van der Waals surface area (Å²) in [5, 5.41) is 1.45. The number of nitrogens with zero attached hydrogens (tertiary/aromatic N) is 4. The Morgan fingerprint density at radius 1 is 0.946 bits per heavy atom. The van der Waals surface area contributed by atoms with Crippen LogP contribution in [0.3, 0.4) is 0 Å². The molecule has 6 nitrogen and oxygen atoms in total. The topological polar surface area (TPSA) is 58.6 Å². The number of benzene rings is 1. The average Bonchev–Trinajstić information content (AvgIpc) is 2.87. The fourth-order valence-corrected chi connectivity index (χ4v) is 21.5. The molecule has 0 bridgehead atoms. The molecule has 0 unspecified atom stereocenters. The number of amides is 1. The molecule has 1 amide bonds. The number of carbonyl (C=O) groups excluding carboxylic acids is 1. The van der Waals surface area contributed by atoms with Gasteiger partial charge in [-0.2, -0.15) is 0 Å². The molecule has 206 valence electrons. The normalized spacial score (nSPS) is 14.9. The predicted octanol–water partition coefficient (Wildman–Crippen LogP) is 7.40. The molecule has 0 radical (unpaired) electrons. The molecule has 0 saturated carbocycles. The Balaban J connectivity index is 1.88. The minimum atomic E-state index is -2.58.